The van der Waals surface area contributed by atoms with E-state index in [4.69, 9.17) is 0 Å². The van der Waals surface area contributed by atoms with Crippen molar-refractivity contribution in [3.63, 3.8) is 0 Å². The van der Waals surface area contributed by atoms with E-state index in [-0.39, 0.29) is 11.5 Å². The molecular weight excluding hydrogens is 238 g/mol. The van der Waals surface area contributed by atoms with Crippen molar-refractivity contribution in [3.05, 3.63) is 0 Å². The highest BCUT2D eigenvalue weighted by molar-refractivity contribution is 5.83. The molecular formula is C15H29N3O. The second kappa shape index (κ2) is 5.41. The normalized spacial score (nSPS) is 36.3. The van der Waals surface area contributed by atoms with Gasteiger partial charge in [0.05, 0.1) is 6.04 Å². The van der Waals surface area contributed by atoms with Gasteiger partial charge in [-0.25, -0.2) is 0 Å². The molecule has 0 aromatic heterocycles. The van der Waals surface area contributed by atoms with Crippen LogP contribution in [0, 0.1) is 5.41 Å². The summed E-state index contributed by atoms with van der Waals surface area (Å²) < 4.78 is 0. The Morgan fingerprint density at radius 1 is 1.21 bits per heavy atom. The number of likely N-dealkylation sites (N-methyl/N-ethyl adjacent to an activating group) is 1. The summed E-state index contributed by atoms with van der Waals surface area (Å²) in [5.41, 5.74) is 0.0746. The summed E-state index contributed by atoms with van der Waals surface area (Å²) in [7, 11) is 2.15. The van der Waals surface area contributed by atoms with Crippen LogP contribution >= 0.6 is 0 Å². The van der Waals surface area contributed by atoms with Gasteiger partial charge in [0.1, 0.15) is 0 Å². The summed E-state index contributed by atoms with van der Waals surface area (Å²) in [6.07, 6.45) is 2.31. The lowest BCUT2D eigenvalue weighted by Crippen LogP contribution is -2.62. The predicted octanol–water partition coefficient (Wildman–Crippen LogP) is 1.32. The molecule has 0 aromatic rings. The van der Waals surface area contributed by atoms with Crippen LogP contribution in [0.3, 0.4) is 0 Å². The molecule has 2 rings (SSSR count). The first kappa shape index (κ1) is 14.8. The van der Waals surface area contributed by atoms with E-state index in [0.717, 1.165) is 26.1 Å². The second-order valence-electron chi connectivity index (χ2n) is 7.09. The van der Waals surface area contributed by atoms with Gasteiger partial charge in [0.25, 0.3) is 0 Å². The molecule has 1 N–H and O–H groups in total. The maximum Gasteiger partial charge on any atom is 0.240 e. The molecule has 2 saturated heterocycles. The van der Waals surface area contributed by atoms with Crippen molar-refractivity contribution in [1.82, 2.24) is 15.1 Å². The molecule has 4 nitrogen and oxygen atoms in total. The van der Waals surface area contributed by atoms with Gasteiger partial charge in [0.15, 0.2) is 0 Å². The Bertz CT molecular complexity index is 330. The summed E-state index contributed by atoms with van der Waals surface area (Å²) in [6.45, 7) is 11.5. The van der Waals surface area contributed by atoms with Crippen LogP contribution in [0.1, 0.15) is 40.5 Å². The summed E-state index contributed by atoms with van der Waals surface area (Å²) in [6, 6.07) is 0.878. The Kier molecular flexibility index (Phi) is 4.21. The van der Waals surface area contributed by atoms with Gasteiger partial charge < -0.3 is 10.2 Å². The number of carbonyl (C=O) groups is 1. The molecule has 0 aliphatic carbocycles. The van der Waals surface area contributed by atoms with Crippen LogP contribution in [-0.4, -0.2) is 60.5 Å². The van der Waals surface area contributed by atoms with Crippen molar-refractivity contribution < 1.29 is 4.79 Å². The van der Waals surface area contributed by atoms with Gasteiger partial charge in [-0.2, -0.15) is 0 Å². The number of amides is 1. The first-order chi connectivity index (χ1) is 8.83. The summed E-state index contributed by atoms with van der Waals surface area (Å²) in [4.78, 5) is 17.2. The first-order valence-electron chi connectivity index (χ1n) is 7.57. The fourth-order valence-electron chi connectivity index (χ4n) is 3.40. The number of carbonyl (C=O) groups excluding carboxylic acids is 1. The van der Waals surface area contributed by atoms with Gasteiger partial charge in [-0.15, -0.1) is 0 Å². The molecule has 2 aliphatic rings. The monoisotopic (exact) mass is 267 g/mol. The topological polar surface area (TPSA) is 35.6 Å². The summed E-state index contributed by atoms with van der Waals surface area (Å²) in [5.74, 6) is 0.302. The maximum atomic E-state index is 12.8. The number of rotatable bonds is 1. The molecule has 0 bridgehead atoms. The zero-order valence-electron chi connectivity index (χ0n) is 13.1. The van der Waals surface area contributed by atoms with E-state index in [1.165, 1.54) is 6.42 Å². The van der Waals surface area contributed by atoms with E-state index in [0.29, 0.717) is 18.0 Å². The third kappa shape index (κ3) is 2.95. The molecule has 2 heterocycles. The van der Waals surface area contributed by atoms with Crippen molar-refractivity contribution in [2.24, 2.45) is 5.41 Å². The highest BCUT2D eigenvalue weighted by Gasteiger charge is 2.41. The number of nitrogens with zero attached hydrogens (tertiary/aromatic N) is 2. The Morgan fingerprint density at radius 3 is 2.32 bits per heavy atom. The third-order valence-corrected chi connectivity index (χ3v) is 5.05. The van der Waals surface area contributed by atoms with Crippen molar-refractivity contribution >= 4 is 5.91 Å². The maximum absolute atomic E-state index is 12.8. The lowest BCUT2D eigenvalue weighted by Gasteiger charge is -2.46. The first-order valence-corrected chi connectivity index (χ1v) is 7.57. The fourth-order valence-corrected chi connectivity index (χ4v) is 3.40. The van der Waals surface area contributed by atoms with Crippen LogP contribution in [0.4, 0.5) is 0 Å². The average molecular weight is 267 g/mol. The molecule has 19 heavy (non-hydrogen) atoms. The molecule has 0 radical (unpaired) electrons. The van der Waals surface area contributed by atoms with Gasteiger partial charge in [0.2, 0.25) is 5.91 Å². The average Bonchev–Trinajstić information content (AvgIpc) is 2.34. The number of hydrogen-bond acceptors (Lipinski definition) is 3. The SMILES string of the molecule is CC1CN(C(=O)C2NCCCC2(C)C)CC(C)N1C. The predicted molar refractivity (Wildman–Crippen MR) is 78.1 cm³/mol. The van der Waals surface area contributed by atoms with Crippen LogP contribution in [0.15, 0.2) is 0 Å². The van der Waals surface area contributed by atoms with Gasteiger partial charge in [0, 0.05) is 25.2 Å². The molecule has 110 valence electrons. The summed E-state index contributed by atoms with van der Waals surface area (Å²) >= 11 is 0. The van der Waals surface area contributed by atoms with Gasteiger partial charge in [-0.1, -0.05) is 13.8 Å². The van der Waals surface area contributed by atoms with Crippen LogP contribution in [0.25, 0.3) is 0 Å². The van der Waals surface area contributed by atoms with Gasteiger partial charge in [-0.05, 0) is 45.7 Å². The fraction of sp³-hybridized carbons (Fsp3) is 0.933. The zero-order chi connectivity index (χ0) is 14.2. The minimum atomic E-state index is -0.0101. The van der Waals surface area contributed by atoms with E-state index in [9.17, 15) is 4.79 Å². The molecule has 0 saturated carbocycles. The molecule has 0 spiro atoms. The number of piperazine rings is 1. The number of nitrogens with one attached hydrogen (secondary N) is 1. The lowest BCUT2D eigenvalue weighted by molar-refractivity contribution is -0.141. The minimum absolute atomic E-state index is 0.0101. The minimum Gasteiger partial charge on any atom is -0.338 e. The smallest absolute Gasteiger partial charge is 0.240 e. The molecule has 1 amide bonds. The largest absolute Gasteiger partial charge is 0.338 e. The third-order valence-electron chi connectivity index (χ3n) is 5.05. The van der Waals surface area contributed by atoms with Gasteiger partial charge in [-0.3, -0.25) is 9.69 Å². The van der Waals surface area contributed by atoms with E-state index in [2.05, 4.69) is 49.9 Å². The van der Waals surface area contributed by atoms with E-state index in [1.54, 1.807) is 0 Å². The molecule has 2 fully saturated rings. The summed E-state index contributed by atoms with van der Waals surface area (Å²) in [5, 5.41) is 3.44. The van der Waals surface area contributed by atoms with Crippen LogP contribution < -0.4 is 5.32 Å². The van der Waals surface area contributed by atoms with Gasteiger partial charge >= 0.3 is 0 Å². The van der Waals surface area contributed by atoms with Crippen LogP contribution in [-0.2, 0) is 4.79 Å². The Balaban J connectivity index is 2.07. The van der Waals surface area contributed by atoms with E-state index >= 15 is 0 Å². The molecule has 2 aliphatic heterocycles. The number of piperidine rings is 1. The van der Waals surface area contributed by atoms with Crippen LogP contribution in [0.2, 0.25) is 0 Å². The van der Waals surface area contributed by atoms with Crippen molar-refractivity contribution in [2.45, 2.75) is 58.7 Å². The number of hydrogen-bond donors (Lipinski definition) is 1. The Morgan fingerprint density at radius 2 is 1.79 bits per heavy atom. The standard InChI is InChI=1S/C15H29N3O/c1-11-9-18(10-12(2)17(11)5)14(19)13-15(3,4)7-6-8-16-13/h11-13,16H,6-10H2,1-5H3. The van der Waals surface area contributed by atoms with E-state index in [1.807, 2.05) is 0 Å². The molecule has 3 unspecified atom stereocenters. The van der Waals surface area contributed by atoms with Crippen molar-refractivity contribution in [3.8, 4) is 0 Å². The zero-order valence-corrected chi connectivity index (χ0v) is 13.1. The molecule has 3 atom stereocenters. The quantitative estimate of drug-likeness (QED) is 0.778. The van der Waals surface area contributed by atoms with Crippen LogP contribution in [0.5, 0.6) is 0 Å². The Labute approximate surface area is 117 Å². The van der Waals surface area contributed by atoms with Crippen molar-refractivity contribution in [2.75, 3.05) is 26.7 Å². The Hall–Kier alpha value is -0.610. The van der Waals surface area contributed by atoms with E-state index < -0.39 is 0 Å². The highest BCUT2D eigenvalue weighted by Crippen LogP contribution is 2.31. The highest BCUT2D eigenvalue weighted by atomic mass is 16.2. The molecule has 4 heteroatoms. The lowest BCUT2D eigenvalue weighted by atomic mass is 9.77. The van der Waals surface area contributed by atoms with Crippen molar-refractivity contribution in [1.29, 1.82) is 0 Å². The second-order valence-corrected chi connectivity index (χ2v) is 7.09. The molecule has 0 aromatic carbocycles.